The number of hydrogen-bond donors (Lipinski definition) is 1. The molecule has 0 aromatic carbocycles. The van der Waals surface area contributed by atoms with E-state index in [4.69, 9.17) is 0 Å². The number of nitrogens with one attached hydrogen (secondary N) is 1. The Hall–Kier alpha value is -1.32. The zero-order valence-electron chi connectivity index (χ0n) is 7.87. The SMILES string of the molecule is CC(C)c1ncc2n1C(=O)NCC2. The van der Waals surface area contributed by atoms with Crippen molar-refractivity contribution in [2.45, 2.75) is 26.2 Å². The Morgan fingerprint density at radius 2 is 2.38 bits per heavy atom. The van der Waals surface area contributed by atoms with E-state index in [0.717, 1.165) is 24.5 Å². The lowest BCUT2D eigenvalue weighted by Crippen LogP contribution is -2.37. The Kier molecular flexibility index (Phi) is 1.83. The first-order valence-electron chi connectivity index (χ1n) is 4.55. The van der Waals surface area contributed by atoms with E-state index in [2.05, 4.69) is 10.3 Å². The highest BCUT2D eigenvalue weighted by Crippen LogP contribution is 2.16. The molecule has 2 rings (SSSR count). The first-order valence-corrected chi connectivity index (χ1v) is 4.55. The predicted molar refractivity (Wildman–Crippen MR) is 48.8 cm³/mol. The van der Waals surface area contributed by atoms with E-state index in [1.165, 1.54) is 0 Å². The maximum Gasteiger partial charge on any atom is 0.327 e. The summed E-state index contributed by atoms with van der Waals surface area (Å²) in [6.07, 6.45) is 2.68. The third-order valence-electron chi connectivity index (χ3n) is 2.24. The molecule has 1 aliphatic rings. The number of rotatable bonds is 1. The van der Waals surface area contributed by atoms with Crippen LogP contribution in [-0.2, 0) is 6.42 Å². The minimum atomic E-state index is -0.0394. The van der Waals surface area contributed by atoms with Crippen molar-refractivity contribution in [1.29, 1.82) is 0 Å². The van der Waals surface area contributed by atoms with Gasteiger partial charge in [-0.1, -0.05) is 13.8 Å². The van der Waals surface area contributed by atoms with Crippen molar-refractivity contribution >= 4 is 6.03 Å². The summed E-state index contributed by atoms with van der Waals surface area (Å²) in [4.78, 5) is 15.7. The summed E-state index contributed by atoms with van der Waals surface area (Å²) in [6.45, 7) is 4.80. The number of nitrogens with zero attached hydrogens (tertiary/aromatic N) is 2. The van der Waals surface area contributed by atoms with Crippen molar-refractivity contribution in [3.05, 3.63) is 17.7 Å². The van der Waals surface area contributed by atoms with E-state index in [0.29, 0.717) is 0 Å². The highest BCUT2D eigenvalue weighted by atomic mass is 16.2. The van der Waals surface area contributed by atoms with Crippen LogP contribution in [0.4, 0.5) is 4.79 Å². The van der Waals surface area contributed by atoms with Gasteiger partial charge >= 0.3 is 6.03 Å². The van der Waals surface area contributed by atoms with Crippen LogP contribution < -0.4 is 5.32 Å². The molecule has 0 aliphatic carbocycles. The maximum atomic E-state index is 11.5. The summed E-state index contributed by atoms with van der Waals surface area (Å²) in [5.74, 6) is 1.14. The summed E-state index contributed by atoms with van der Waals surface area (Å²) in [7, 11) is 0. The molecular weight excluding hydrogens is 166 g/mol. The summed E-state index contributed by atoms with van der Waals surface area (Å²) in [5, 5.41) is 2.80. The van der Waals surface area contributed by atoms with Crippen LogP contribution in [0.2, 0.25) is 0 Å². The molecule has 0 bridgehead atoms. The molecule has 0 spiro atoms. The number of aromatic nitrogens is 2. The van der Waals surface area contributed by atoms with E-state index in [1.807, 2.05) is 13.8 Å². The summed E-state index contributed by atoms with van der Waals surface area (Å²) < 4.78 is 1.69. The van der Waals surface area contributed by atoms with Gasteiger partial charge in [0.15, 0.2) is 0 Å². The van der Waals surface area contributed by atoms with E-state index < -0.39 is 0 Å². The van der Waals surface area contributed by atoms with Crippen LogP contribution in [0.25, 0.3) is 0 Å². The second-order valence-electron chi connectivity index (χ2n) is 3.58. The number of amides is 1. The molecule has 1 N–H and O–H groups in total. The number of carbonyl (C=O) groups excluding carboxylic acids is 1. The van der Waals surface area contributed by atoms with Crippen molar-refractivity contribution in [3.63, 3.8) is 0 Å². The van der Waals surface area contributed by atoms with Crippen molar-refractivity contribution in [2.24, 2.45) is 0 Å². The normalized spacial score (nSPS) is 15.8. The third-order valence-corrected chi connectivity index (χ3v) is 2.24. The molecule has 2 heterocycles. The summed E-state index contributed by atoms with van der Waals surface area (Å²) in [5.41, 5.74) is 1.02. The average molecular weight is 179 g/mol. The zero-order valence-corrected chi connectivity index (χ0v) is 7.87. The molecule has 0 atom stereocenters. The molecule has 1 amide bonds. The number of hydrogen-bond acceptors (Lipinski definition) is 2. The quantitative estimate of drug-likeness (QED) is 0.702. The van der Waals surface area contributed by atoms with Crippen molar-refractivity contribution in [1.82, 2.24) is 14.9 Å². The Morgan fingerprint density at radius 1 is 1.62 bits per heavy atom. The highest BCUT2D eigenvalue weighted by molar-refractivity contribution is 5.79. The lowest BCUT2D eigenvalue weighted by molar-refractivity contribution is 0.238. The van der Waals surface area contributed by atoms with E-state index in [9.17, 15) is 4.79 Å². The van der Waals surface area contributed by atoms with E-state index in [1.54, 1.807) is 10.8 Å². The smallest absolute Gasteiger partial charge is 0.327 e. The highest BCUT2D eigenvalue weighted by Gasteiger charge is 2.21. The van der Waals surface area contributed by atoms with Crippen LogP contribution >= 0.6 is 0 Å². The molecule has 4 nitrogen and oxygen atoms in total. The van der Waals surface area contributed by atoms with Crippen molar-refractivity contribution in [2.75, 3.05) is 6.54 Å². The third kappa shape index (κ3) is 1.22. The van der Waals surface area contributed by atoms with Gasteiger partial charge in [-0.25, -0.2) is 9.78 Å². The number of imidazole rings is 1. The molecule has 1 aliphatic heterocycles. The molecule has 70 valence electrons. The largest absolute Gasteiger partial charge is 0.337 e. The van der Waals surface area contributed by atoms with Crippen LogP contribution in [-0.4, -0.2) is 22.1 Å². The van der Waals surface area contributed by atoms with Crippen LogP contribution in [0, 0.1) is 0 Å². The molecule has 0 unspecified atom stereocenters. The van der Waals surface area contributed by atoms with Gasteiger partial charge < -0.3 is 5.32 Å². The number of carbonyl (C=O) groups is 1. The molecule has 0 radical (unpaired) electrons. The van der Waals surface area contributed by atoms with Crippen LogP contribution in [0.1, 0.15) is 31.3 Å². The van der Waals surface area contributed by atoms with E-state index >= 15 is 0 Å². The van der Waals surface area contributed by atoms with Gasteiger partial charge in [0.05, 0.1) is 0 Å². The predicted octanol–water partition coefficient (Wildman–Crippen LogP) is 1.12. The van der Waals surface area contributed by atoms with Gasteiger partial charge in [-0.05, 0) is 0 Å². The Labute approximate surface area is 77.0 Å². The first kappa shape index (κ1) is 8.29. The van der Waals surface area contributed by atoms with Crippen molar-refractivity contribution < 1.29 is 4.79 Å². The Balaban J connectivity index is 2.50. The van der Waals surface area contributed by atoms with Gasteiger partial charge in [-0.3, -0.25) is 4.57 Å². The van der Waals surface area contributed by atoms with Gasteiger partial charge in [-0.15, -0.1) is 0 Å². The fourth-order valence-corrected chi connectivity index (χ4v) is 1.60. The minimum Gasteiger partial charge on any atom is -0.337 e. The van der Waals surface area contributed by atoms with Gasteiger partial charge in [0.2, 0.25) is 0 Å². The summed E-state index contributed by atoms with van der Waals surface area (Å²) >= 11 is 0. The second kappa shape index (κ2) is 2.87. The molecule has 1 aromatic heterocycles. The van der Waals surface area contributed by atoms with Gasteiger partial charge in [-0.2, -0.15) is 0 Å². The molecule has 1 aromatic rings. The van der Waals surface area contributed by atoms with Gasteiger partial charge in [0.1, 0.15) is 5.82 Å². The standard InChI is InChI=1S/C9H13N3O/c1-6(2)8-11-5-7-3-4-10-9(13)12(7)8/h5-6H,3-4H2,1-2H3,(H,10,13). The summed E-state index contributed by atoms with van der Waals surface area (Å²) in [6, 6.07) is -0.0394. The first-order chi connectivity index (χ1) is 6.20. The zero-order chi connectivity index (χ0) is 9.42. The topological polar surface area (TPSA) is 46.9 Å². The molecule has 0 fully saturated rings. The lowest BCUT2D eigenvalue weighted by atomic mass is 10.2. The van der Waals surface area contributed by atoms with Gasteiger partial charge in [0, 0.05) is 30.8 Å². The molecule has 0 saturated heterocycles. The van der Waals surface area contributed by atoms with Gasteiger partial charge in [0.25, 0.3) is 0 Å². The molecule has 13 heavy (non-hydrogen) atoms. The Morgan fingerprint density at radius 3 is 3.08 bits per heavy atom. The fourth-order valence-electron chi connectivity index (χ4n) is 1.60. The number of fused-ring (bicyclic) bond motifs is 1. The second-order valence-corrected chi connectivity index (χ2v) is 3.58. The lowest BCUT2D eigenvalue weighted by Gasteiger charge is -2.17. The monoisotopic (exact) mass is 179 g/mol. The van der Waals surface area contributed by atoms with Crippen molar-refractivity contribution in [3.8, 4) is 0 Å². The fraction of sp³-hybridized carbons (Fsp3) is 0.556. The Bertz CT molecular complexity index is 341. The van der Waals surface area contributed by atoms with E-state index in [-0.39, 0.29) is 11.9 Å². The van der Waals surface area contributed by atoms with Crippen LogP contribution in [0.3, 0.4) is 0 Å². The minimum absolute atomic E-state index is 0.0394. The average Bonchev–Trinajstić information content (AvgIpc) is 2.49. The molecule has 0 saturated carbocycles. The molecular formula is C9H13N3O. The van der Waals surface area contributed by atoms with Crippen LogP contribution in [0.5, 0.6) is 0 Å². The van der Waals surface area contributed by atoms with Crippen LogP contribution in [0.15, 0.2) is 6.20 Å². The maximum absolute atomic E-state index is 11.5. The molecule has 4 heteroatoms.